The number of halogens is 1. The zero-order chi connectivity index (χ0) is 21.5. The summed E-state index contributed by atoms with van der Waals surface area (Å²) >= 11 is 0. The number of hydrogen-bond acceptors (Lipinski definition) is 4. The van der Waals surface area contributed by atoms with Crippen molar-refractivity contribution in [2.75, 3.05) is 25.1 Å². The van der Waals surface area contributed by atoms with Crippen molar-refractivity contribution in [1.82, 2.24) is 15.6 Å². The van der Waals surface area contributed by atoms with E-state index in [-0.39, 0.29) is 17.5 Å². The van der Waals surface area contributed by atoms with Crippen LogP contribution in [-0.4, -0.2) is 42.6 Å². The molecule has 4 N–H and O–H groups in total. The van der Waals surface area contributed by atoms with Crippen LogP contribution in [-0.2, 0) is 11.2 Å². The maximum atomic E-state index is 14.5. The minimum atomic E-state index is -0.612. The maximum absolute atomic E-state index is 14.5. The van der Waals surface area contributed by atoms with Gasteiger partial charge in [0.15, 0.2) is 0 Å². The summed E-state index contributed by atoms with van der Waals surface area (Å²) in [5.41, 5.74) is 1.90. The third kappa shape index (κ3) is 5.38. The molecule has 8 heteroatoms. The number of H-pyrrole nitrogens is 1. The molecule has 0 saturated carbocycles. The SMILES string of the molecule is CCCCNC(=O)c1cc(CCC)c(Nc2ccc(C(=O)NC3COC3)c(F)c2)[nH]1. The van der Waals surface area contributed by atoms with Gasteiger partial charge in [-0.1, -0.05) is 26.7 Å². The molecule has 1 aromatic carbocycles. The number of amides is 2. The molecule has 0 aliphatic carbocycles. The van der Waals surface area contributed by atoms with Gasteiger partial charge in [-0.3, -0.25) is 9.59 Å². The second kappa shape index (κ2) is 10.2. The quantitative estimate of drug-likeness (QED) is 0.446. The molecule has 0 atom stereocenters. The second-order valence-electron chi connectivity index (χ2n) is 7.47. The summed E-state index contributed by atoms with van der Waals surface area (Å²) in [5.74, 6) is -0.573. The fourth-order valence-corrected chi connectivity index (χ4v) is 3.18. The summed E-state index contributed by atoms with van der Waals surface area (Å²) < 4.78 is 19.5. The van der Waals surface area contributed by atoms with E-state index in [9.17, 15) is 14.0 Å². The lowest BCUT2D eigenvalue weighted by Crippen LogP contribution is -2.48. The van der Waals surface area contributed by atoms with Gasteiger partial charge >= 0.3 is 0 Å². The molecule has 0 spiro atoms. The van der Waals surface area contributed by atoms with Crippen LogP contribution in [0.25, 0.3) is 0 Å². The standard InChI is InChI=1S/C22H29FN4O3/c1-3-5-9-24-22(29)19-10-14(6-4-2)20(27-19)25-15-7-8-17(18(23)11-15)21(28)26-16-12-30-13-16/h7-8,10-11,16,25,27H,3-6,9,12-13H2,1-2H3,(H,24,29)(H,26,28). The van der Waals surface area contributed by atoms with Crippen molar-refractivity contribution in [3.63, 3.8) is 0 Å². The van der Waals surface area contributed by atoms with E-state index in [1.54, 1.807) is 6.07 Å². The summed E-state index contributed by atoms with van der Waals surface area (Å²) in [6.45, 7) is 5.65. The highest BCUT2D eigenvalue weighted by atomic mass is 19.1. The van der Waals surface area contributed by atoms with Crippen LogP contribution in [0.1, 0.15) is 59.5 Å². The molecule has 1 aliphatic rings. The smallest absolute Gasteiger partial charge is 0.267 e. The van der Waals surface area contributed by atoms with Crippen LogP contribution in [0.4, 0.5) is 15.9 Å². The average molecular weight is 416 g/mol. The first kappa shape index (κ1) is 21.8. The van der Waals surface area contributed by atoms with Crippen LogP contribution in [0.2, 0.25) is 0 Å². The van der Waals surface area contributed by atoms with E-state index in [0.29, 0.717) is 37.0 Å². The van der Waals surface area contributed by atoms with Crippen LogP contribution in [0, 0.1) is 5.82 Å². The number of hydrogen-bond donors (Lipinski definition) is 4. The molecule has 2 amide bonds. The van der Waals surface area contributed by atoms with Crippen molar-refractivity contribution in [1.29, 1.82) is 0 Å². The first-order valence-electron chi connectivity index (χ1n) is 10.5. The zero-order valence-corrected chi connectivity index (χ0v) is 17.4. The van der Waals surface area contributed by atoms with Crippen LogP contribution >= 0.6 is 0 Å². The molecule has 7 nitrogen and oxygen atoms in total. The predicted octanol–water partition coefficient (Wildman–Crippen LogP) is 3.51. The Morgan fingerprint density at radius 2 is 1.97 bits per heavy atom. The lowest BCUT2D eigenvalue weighted by atomic mass is 10.1. The number of carbonyl (C=O) groups excluding carboxylic acids is 2. The summed E-state index contributed by atoms with van der Waals surface area (Å²) in [5, 5.41) is 8.76. The molecule has 1 aromatic heterocycles. The summed E-state index contributed by atoms with van der Waals surface area (Å²) in [6.07, 6.45) is 3.61. The van der Waals surface area contributed by atoms with Crippen molar-refractivity contribution < 1.29 is 18.7 Å². The third-order valence-electron chi connectivity index (χ3n) is 4.94. The molecular formula is C22H29FN4O3. The van der Waals surface area contributed by atoms with Crippen molar-refractivity contribution in [3.8, 4) is 0 Å². The molecule has 0 unspecified atom stereocenters. The molecule has 1 saturated heterocycles. The largest absolute Gasteiger partial charge is 0.377 e. The molecule has 2 heterocycles. The van der Waals surface area contributed by atoms with E-state index in [1.165, 1.54) is 12.1 Å². The number of aryl methyl sites for hydroxylation is 1. The molecule has 0 bridgehead atoms. The number of aromatic amines is 1. The molecule has 1 fully saturated rings. The first-order chi connectivity index (χ1) is 14.5. The molecule has 1 aliphatic heterocycles. The lowest BCUT2D eigenvalue weighted by molar-refractivity contribution is -0.00352. The molecule has 162 valence electrons. The monoisotopic (exact) mass is 416 g/mol. The van der Waals surface area contributed by atoms with Crippen LogP contribution in [0.5, 0.6) is 0 Å². The number of aromatic nitrogens is 1. The van der Waals surface area contributed by atoms with E-state index in [0.717, 1.165) is 31.2 Å². The number of ether oxygens (including phenoxy) is 1. The second-order valence-corrected chi connectivity index (χ2v) is 7.47. The number of benzene rings is 1. The Labute approximate surface area is 175 Å². The van der Waals surface area contributed by atoms with Gasteiger partial charge in [-0.25, -0.2) is 4.39 Å². The molecular weight excluding hydrogens is 387 g/mol. The molecule has 30 heavy (non-hydrogen) atoms. The minimum absolute atomic E-state index is 0.0105. The highest BCUT2D eigenvalue weighted by Crippen LogP contribution is 2.24. The van der Waals surface area contributed by atoms with Crippen molar-refractivity contribution in [3.05, 3.63) is 46.9 Å². The zero-order valence-electron chi connectivity index (χ0n) is 17.4. The van der Waals surface area contributed by atoms with E-state index in [1.807, 2.05) is 6.07 Å². The minimum Gasteiger partial charge on any atom is -0.377 e. The highest BCUT2D eigenvalue weighted by Gasteiger charge is 2.22. The first-order valence-corrected chi connectivity index (χ1v) is 10.5. The van der Waals surface area contributed by atoms with Crippen molar-refractivity contribution in [2.45, 2.75) is 45.6 Å². The average Bonchev–Trinajstić information content (AvgIpc) is 3.08. The van der Waals surface area contributed by atoms with Gasteiger partial charge < -0.3 is 25.7 Å². The fraction of sp³-hybridized carbons (Fsp3) is 0.455. The fourth-order valence-electron chi connectivity index (χ4n) is 3.18. The Hall–Kier alpha value is -2.87. The molecule has 2 aromatic rings. The van der Waals surface area contributed by atoms with Gasteiger partial charge in [0.05, 0.1) is 24.8 Å². The number of rotatable bonds is 10. The van der Waals surface area contributed by atoms with Gasteiger partial charge in [0, 0.05) is 12.2 Å². The Morgan fingerprint density at radius 1 is 1.17 bits per heavy atom. The molecule has 3 rings (SSSR count). The predicted molar refractivity (Wildman–Crippen MR) is 114 cm³/mol. The van der Waals surface area contributed by atoms with Gasteiger partial charge in [0.1, 0.15) is 17.3 Å². The van der Waals surface area contributed by atoms with Gasteiger partial charge in [0.2, 0.25) is 0 Å². The van der Waals surface area contributed by atoms with Gasteiger partial charge in [-0.15, -0.1) is 0 Å². The number of anilines is 2. The van der Waals surface area contributed by atoms with Crippen LogP contribution < -0.4 is 16.0 Å². The van der Waals surface area contributed by atoms with E-state index < -0.39 is 11.7 Å². The Kier molecular flexibility index (Phi) is 7.46. The Bertz CT molecular complexity index is 893. The van der Waals surface area contributed by atoms with E-state index >= 15 is 0 Å². The Morgan fingerprint density at radius 3 is 2.60 bits per heavy atom. The summed E-state index contributed by atoms with van der Waals surface area (Å²) in [4.78, 5) is 27.6. The van der Waals surface area contributed by atoms with E-state index in [2.05, 4.69) is 34.8 Å². The van der Waals surface area contributed by atoms with Gasteiger partial charge in [0.25, 0.3) is 11.8 Å². The molecule has 0 radical (unpaired) electrons. The van der Waals surface area contributed by atoms with Gasteiger partial charge in [-0.2, -0.15) is 0 Å². The Balaban J connectivity index is 1.71. The number of carbonyl (C=O) groups is 2. The van der Waals surface area contributed by atoms with Crippen LogP contribution in [0.15, 0.2) is 24.3 Å². The maximum Gasteiger partial charge on any atom is 0.267 e. The summed E-state index contributed by atoms with van der Waals surface area (Å²) in [7, 11) is 0. The van der Waals surface area contributed by atoms with Gasteiger partial charge in [-0.05, 0) is 42.7 Å². The third-order valence-corrected chi connectivity index (χ3v) is 4.94. The summed E-state index contributed by atoms with van der Waals surface area (Å²) in [6, 6.07) is 6.14. The van der Waals surface area contributed by atoms with E-state index in [4.69, 9.17) is 4.74 Å². The highest BCUT2D eigenvalue weighted by molar-refractivity contribution is 5.95. The topological polar surface area (TPSA) is 95.2 Å². The number of nitrogens with one attached hydrogen (secondary N) is 4. The lowest BCUT2D eigenvalue weighted by Gasteiger charge is -2.26. The van der Waals surface area contributed by atoms with Crippen molar-refractivity contribution in [2.24, 2.45) is 0 Å². The van der Waals surface area contributed by atoms with Crippen molar-refractivity contribution >= 4 is 23.3 Å². The van der Waals surface area contributed by atoms with Crippen LogP contribution in [0.3, 0.4) is 0 Å². The number of unbranched alkanes of at least 4 members (excludes halogenated alkanes) is 1. The normalized spacial score (nSPS) is 13.6.